The van der Waals surface area contributed by atoms with Crippen LogP contribution in [0.2, 0.25) is 0 Å². The molecule has 19 heteroatoms. The molecule has 1 fully saturated rings. The normalized spacial score (nSPS) is 16.3. The SMILES string of the molecule is C#CCN1C[C@@H](CS(=O)(=O)c2ccc(OCc3cc(C)nc4ccccc34)cc2)[C@@H](C(=O)NO)C1.O=C(O)C(F)(F)F.O=C(O)C(F)(F)F. The van der Waals surface area contributed by atoms with Gasteiger partial charge >= 0.3 is 24.3 Å². The Balaban J connectivity index is 0.000000500. The third-order valence-electron chi connectivity index (χ3n) is 6.70. The van der Waals surface area contributed by atoms with Gasteiger partial charge in [-0.15, -0.1) is 6.42 Å². The summed E-state index contributed by atoms with van der Waals surface area (Å²) >= 11 is 0. The van der Waals surface area contributed by atoms with Gasteiger partial charge in [-0.1, -0.05) is 24.1 Å². The van der Waals surface area contributed by atoms with Crippen molar-refractivity contribution in [1.29, 1.82) is 0 Å². The number of terminal acetylenes is 1. The molecule has 2 atom stereocenters. The van der Waals surface area contributed by atoms with Gasteiger partial charge < -0.3 is 14.9 Å². The highest BCUT2D eigenvalue weighted by Gasteiger charge is 2.40. The summed E-state index contributed by atoms with van der Waals surface area (Å²) in [5, 5.41) is 24.3. The van der Waals surface area contributed by atoms with Crippen molar-refractivity contribution >= 4 is 38.6 Å². The number of nitrogens with zero attached hydrogens (tertiary/aromatic N) is 2. The van der Waals surface area contributed by atoms with Crippen LogP contribution in [0.5, 0.6) is 5.75 Å². The standard InChI is InChI=1S/C26H27N3O5S.2C2HF3O2/c1-3-12-29-14-20(24(15-29)26(30)28-31)17-35(32,33)22-10-8-21(9-11-22)34-16-19-13-18(2)27-25-7-5-4-6-23(19)25;2*3-2(4,5)1(6)7/h1,4-11,13,20,24,31H,12,14-17H2,2H3,(H,28,30);2*(H,6,7)/t20-,24-;;/m0../s1. The number of para-hydroxylation sites is 1. The first-order valence-electron chi connectivity index (χ1n) is 13.7. The fraction of sp³-hybridized carbons (Fsp3) is 0.333. The number of sulfone groups is 1. The van der Waals surface area contributed by atoms with Gasteiger partial charge in [0.2, 0.25) is 5.91 Å². The molecule has 2 aromatic carbocycles. The molecule has 0 spiro atoms. The van der Waals surface area contributed by atoms with Crippen LogP contribution < -0.4 is 10.2 Å². The van der Waals surface area contributed by atoms with E-state index < -0.39 is 51.9 Å². The number of aliphatic carboxylic acids is 2. The van der Waals surface area contributed by atoms with Crippen molar-refractivity contribution in [2.24, 2.45) is 11.8 Å². The van der Waals surface area contributed by atoms with Crippen LogP contribution in [-0.4, -0.2) is 89.3 Å². The van der Waals surface area contributed by atoms with E-state index in [-0.39, 0.29) is 10.6 Å². The predicted octanol–water partition coefficient (Wildman–Crippen LogP) is 3.85. The third kappa shape index (κ3) is 12.2. The molecule has 0 radical (unpaired) electrons. The molecule has 4 N–H and O–H groups in total. The smallest absolute Gasteiger partial charge is 0.489 e. The van der Waals surface area contributed by atoms with Crippen molar-refractivity contribution in [3.8, 4) is 18.1 Å². The number of aromatic nitrogens is 1. The Hall–Kier alpha value is -4.93. The first kappa shape index (κ1) is 40.2. The minimum atomic E-state index is -5.08. The Labute approximate surface area is 275 Å². The molecule has 1 saturated heterocycles. The molecule has 1 aliphatic rings. The summed E-state index contributed by atoms with van der Waals surface area (Å²) in [4.78, 5) is 36.4. The maximum absolute atomic E-state index is 13.1. The van der Waals surface area contributed by atoms with Crippen LogP contribution in [0, 0.1) is 31.1 Å². The Kier molecular flexibility index (Phi) is 13.9. The summed E-state index contributed by atoms with van der Waals surface area (Å²) in [5.41, 5.74) is 4.43. The van der Waals surface area contributed by atoms with Crippen LogP contribution in [0.15, 0.2) is 59.5 Å². The van der Waals surface area contributed by atoms with Crippen LogP contribution >= 0.6 is 0 Å². The summed E-state index contributed by atoms with van der Waals surface area (Å²) in [6, 6.07) is 16.1. The molecule has 4 rings (SSSR count). The number of carboxylic acid groups (broad SMARTS) is 2. The molecule has 49 heavy (non-hydrogen) atoms. The van der Waals surface area contributed by atoms with Crippen molar-refractivity contribution < 1.29 is 69.3 Å². The molecule has 1 amide bonds. The number of carboxylic acids is 2. The highest BCUT2D eigenvalue weighted by molar-refractivity contribution is 7.91. The van der Waals surface area contributed by atoms with E-state index in [4.69, 9.17) is 36.2 Å². The van der Waals surface area contributed by atoms with E-state index in [1.807, 2.05) is 42.2 Å². The fourth-order valence-corrected chi connectivity index (χ4v) is 6.21. The molecule has 0 unspecified atom stereocenters. The van der Waals surface area contributed by atoms with E-state index in [0.29, 0.717) is 32.0 Å². The number of hydroxylamine groups is 1. The summed E-state index contributed by atoms with van der Waals surface area (Å²) in [7, 11) is -3.68. The summed E-state index contributed by atoms with van der Waals surface area (Å²) in [5.74, 6) is -4.44. The lowest BCUT2D eigenvalue weighted by molar-refractivity contribution is -0.193. The van der Waals surface area contributed by atoms with Gasteiger partial charge in [-0.3, -0.25) is 19.9 Å². The topological polar surface area (TPSA) is 183 Å². The van der Waals surface area contributed by atoms with Crippen molar-refractivity contribution in [3.05, 3.63) is 65.9 Å². The van der Waals surface area contributed by atoms with Crippen LogP contribution in [0.1, 0.15) is 11.3 Å². The summed E-state index contributed by atoms with van der Waals surface area (Å²) < 4.78 is 95.6. The molecule has 0 saturated carbocycles. The quantitative estimate of drug-likeness (QED) is 0.115. The lowest BCUT2D eigenvalue weighted by Crippen LogP contribution is -2.35. The highest BCUT2D eigenvalue weighted by Crippen LogP contribution is 2.28. The second-order valence-electron chi connectivity index (χ2n) is 10.3. The Morgan fingerprint density at radius 2 is 1.55 bits per heavy atom. The van der Waals surface area contributed by atoms with Gasteiger partial charge in [-0.25, -0.2) is 23.5 Å². The number of pyridine rings is 1. The lowest BCUT2D eigenvalue weighted by atomic mass is 9.97. The van der Waals surface area contributed by atoms with E-state index in [0.717, 1.165) is 22.2 Å². The molecular formula is C30H29F6N3O9S. The number of amides is 1. The van der Waals surface area contributed by atoms with Gasteiger partial charge in [0.25, 0.3) is 0 Å². The van der Waals surface area contributed by atoms with E-state index in [1.54, 1.807) is 17.6 Å². The van der Waals surface area contributed by atoms with Gasteiger partial charge in [-0.2, -0.15) is 26.3 Å². The number of fused-ring (bicyclic) bond motifs is 1. The van der Waals surface area contributed by atoms with Crippen molar-refractivity contribution in [2.75, 3.05) is 25.4 Å². The average molecular weight is 722 g/mol. The Bertz CT molecular complexity index is 1750. The van der Waals surface area contributed by atoms with Gasteiger partial charge in [0.1, 0.15) is 12.4 Å². The Morgan fingerprint density at radius 1 is 1.00 bits per heavy atom. The van der Waals surface area contributed by atoms with E-state index in [9.17, 15) is 39.6 Å². The molecule has 0 bridgehead atoms. The van der Waals surface area contributed by atoms with Gasteiger partial charge in [0, 0.05) is 29.7 Å². The zero-order valence-corrected chi connectivity index (χ0v) is 26.1. The lowest BCUT2D eigenvalue weighted by Gasteiger charge is -2.17. The monoisotopic (exact) mass is 721 g/mol. The van der Waals surface area contributed by atoms with Crippen LogP contribution in [0.4, 0.5) is 26.3 Å². The number of carbonyl (C=O) groups excluding carboxylic acids is 1. The first-order chi connectivity index (χ1) is 22.7. The van der Waals surface area contributed by atoms with Gasteiger partial charge in [-0.05, 0) is 49.2 Å². The second-order valence-corrected chi connectivity index (χ2v) is 12.4. The van der Waals surface area contributed by atoms with Crippen LogP contribution in [0.3, 0.4) is 0 Å². The molecule has 1 aromatic heterocycles. The number of likely N-dealkylation sites (tertiary alicyclic amines) is 1. The summed E-state index contributed by atoms with van der Waals surface area (Å²) in [6.07, 6.45) is -4.80. The molecule has 12 nitrogen and oxygen atoms in total. The van der Waals surface area contributed by atoms with E-state index in [1.165, 1.54) is 12.1 Å². The largest absolute Gasteiger partial charge is 0.490 e. The third-order valence-corrected chi connectivity index (χ3v) is 8.56. The predicted molar refractivity (Wildman–Crippen MR) is 159 cm³/mol. The summed E-state index contributed by atoms with van der Waals surface area (Å²) in [6.45, 7) is 3.22. The number of hydrogen-bond donors (Lipinski definition) is 4. The number of benzene rings is 2. The van der Waals surface area contributed by atoms with Crippen LogP contribution in [0.25, 0.3) is 10.9 Å². The van der Waals surface area contributed by atoms with Crippen molar-refractivity contribution in [1.82, 2.24) is 15.4 Å². The zero-order chi connectivity index (χ0) is 37.2. The molecular weight excluding hydrogens is 692 g/mol. The fourth-order valence-electron chi connectivity index (χ4n) is 4.56. The molecule has 0 aliphatic carbocycles. The maximum Gasteiger partial charge on any atom is 0.490 e. The zero-order valence-electron chi connectivity index (χ0n) is 25.3. The van der Waals surface area contributed by atoms with Gasteiger partial charge in [0.05, 0.1) is 28.6 Å². The minimum Gasteiger partial charge on any atom is -0.489 e. The first-order valence-corrected chi connectivity index (χ1v) is 15.4. The minimum absolute atomic E-state index is 0.147. The number of aryl methyl sites for hydroxylation is 1. The Morgan fingerprint density at radius 3 is 2.06 bits per heavy atom. The maximum atomic E-state index is 13.1. The number of carbonyl (C=O) groups is 3. The second kappa shape index (κ2) is 16.9. The highest BCUT2D eigenvalue weighted by atomic mass is 32.2. The number of hydrogen-bond acceptors (Lipinski definition) is 9. The van der Waals surface area contributed by atoms with Crippen LogP contribution in [-0.2, 0) is 30.8 Å². The molecule has 1 aliphatic heterocycles. The number of halogens is 6. The molecule has 266 valence electrons. The van der Waals surface area contributed by atoms with E-state index >= 15 is 0 Å². The molecule has 2 heterocycles. The molecule has 3 aromatic rings. The number of rotatable bonds is 8. The number of nitrogens with one attached hydrogen (secondary N) is 1. The van der Waals surface area contributed by atoms with Crippen molar-refractivity contribution in [2.45, 2.75) is 30.8 Å². The van der Waals surface area contributed by atoms with Gasteiger partial charge in [0.15, 0.2) is 9.84 Å². The average Bonchev–Trinajstić information content (AvgIpc) is 3.40. The van der Waals surface area contributed by atoms with Crippen molar-refractivity contribution in [3.63, 3.8) is 0 Å². The van der Waals surface area contributed by atoms with E-state index in [2.05, 4.69) is 10.9 Å². The number of alkyl halides is 6. The number of ether oxygens (including phenoxy) is 1.